The van der Waals surface area contributed by atoms with Gasteiger partial charge < -0.3 is 10.1 Å². The molecule has 6 nitrogen and oxygen atoms in total. The van der Waals surface area contributed by atoms with Crippen LogP contribution in [0.15, 0.2) is 27.8 Å². The number of rotatable bonds is 3. The number of carboxylic acids is 1. The molecule has 1 aromatic heterocycles. The average molecular weight is 222 g/mol. The lowest BCUT2D eigenvalue weighted by molar-refractivity contribution is 0.0689. The number of hydrogen-bond donors (Lipinski definition) is 3. The van der Waals surface area contributed by atoms with E-state index in [4.69, 9.17) is 5.11 Å². The lowest BCUT2D eigenvalue weighted by atomic mass is 10.2. The van der Waals surface area contributed by atoms with E-state index >= 15 is 0 Å². The quantitative estimate of drug-likeness (QED) is 0.642. The second kappa shape index (κ2) is 4.92. The predicted octanol–water partition coefficient (Wildman–Crippen LogP) is 0.351. The predicted molar refractivity (Wildman–Crippen MR) is 58.5 cm³/mol. The van der Waals surface area contributed by atoms with E-state index < -0.39 is 22.9 Å². The minimum atomic E-state index is -1.36. The molecule has 0 atom stereocenters. The Bertz CT molecular complexity index is 563. The Labute approximate surface area is 90.0 Å². The van der Waals surface area contributed by atoms with E-state index in [2.05, 4.69) is 4.98 Å². The van der Waals surface area contributed by atoms with Crippen molar-refractivity contribution < 1.29 is 9.90 Å². The highest BCUT2D eigenvalue weighted by Gasteiger charge is 2.12. The molecule has 16 heavy (non-hydrogen) atoms. The number of carbonyl (C=O) groups is 1. The van der Waals surface area contributed by atoms with Crippen LogP contribution in [-0.4, -0.2) is 21.0 Å². The van der Waals surface area contributed by atoms with Gasteiger partial charge in [-0.1, -0.05) is 18.2 Å². The molecular weight excluding hydrogens is 212 g/mol. The summed E-state index contributed by atoms with van der Waals surface area (Å²) < 4.78 is 0. The van der Waals surface area contributed by atoms with Gasteiger partial charge in [-0.3, -0.25) is 9.78 Å². The molecule has 3 N–H and O–H groups in total. The van der Waals surface area contributed by atoms with Gasteiger partial charge in [0.25, 0.3) is 5.56 Å². The summed E-state index contributed by atoms with van der Waals surface area (Å²) in [6.45, 7) is 1.78. The lowest BCUT2D eigenvalue weighted by Crippen LogP contribution is -2.28. The topological polar surface area (TPSA) is 103 Å². The van der Waals surface area contributed by atoms with Crippen LogP contribution in [0.25, 0.3) is 6.08 Å². The van der Waals surface area contributed by atoms with Gasteiger partial charge in [0.15, 0.2) is 0 Å². The number of aromatic nitrogens is 2. The maximum absolute atomic E-state index is 11.3. The van der Waals surface area contributed by atoms with E-state index in [0.29, 0.717) is 0 Å². The summed E-state index contributed by atoms with van der Waals surface area (Å²) in [5.74, 6) is -1.36. The molecule has 1 rings (SSSR count). The monoisotopic (exact) mass is 222 g/mol. The normalized spacial score (nSPS) is 11.3. The van der Waals surface area contributed by atoms with Crippen molar-refractivity contribution in [1.82, 2.24) is 9.97 Å². The Morgan fingerprint density at radius 3 is 2.50 bits per heavy atom. The molecule has 0 aliphatic rings. The summed E-state index contributed by atoms with van der Waals surface area (Å²) in [5, 5.41) is 8.80. The number of allylic oxidation sites excluding steroid dienone is 3. The fourth-order valence-electron chi connectivity index (χ4n) is 1.09. The first-order valence-corrected chi connectivity index (χ1v) is 4.45. The highest BCUT2D eigenvalue weighted by atomic mass is 16.4. The number of aromatic carboxylic acids is 1. The Balaban J connectivity index is 3.41. The maximum Gasteiger partial charge on any atom is 0.353 e. The fraction of sp³-hybridized carbons (Fsp3) is 0.100. The molecule has 0 bridgehead atoms. The van der Waals surface area contributed by atoms with Crippen molar-refractivity contribution in [2.24, 2.45) is 0 Å². The summed E-state index contributed by atoms with van der Waals surface area (Å²) in [6, 6.07) is 0. The zero-order chi connectivity index (χ0) is 12.1. The standard InChI is InChI=1S/C10H10N2O4/c1-2-3-4-5-6-7(9(14)15)11-10(16)12-8(6)13/h2-5H,1H3,(H,14,15)(H2,11,12,13,16). The van der Waals surface area contributed by atoms with E-state index in [1.165, 1.54) is 12.2 Å². The zero-order valence-corrected chi connectivity index (χ0v) is 8.48. The summed E-state index contributed by atoms with van der Waals surface area (Å²) in [7, 11) is 0. The number of carboxylic acid groups (broad SMARTS) is 1. The third kappa shape index (κ3) is 2.57. The van der Waals surface area contributed by atoms with Gasteiger partial charge in [0.2, 0.25) is 0 Å². The van der Waals surface area contributed by atoms with Crippen molar-refractivity contribution >= 4 is 12.0 Å². The Morgan fingerprint density at radius 1 is 1.25 bits per heavy atom. The Kier molecular flexibility index (Phi) is 3.60. The highest BCUT2D eigenvalue weighted by molar-refractivity contribution is 5.89. The third-order valence-electron chi connectivity index (χ3n) is 1.76. The minimum absolute atomic E-state index is 0.0924. The first-order valence-electron chi connectivity index (χ1n) is 4.45. The molecule has 0 radical (unpaired) electrons. The van der Waals surface area contributed by atoms with Crippen molar-refractivity contribution in [2.45, 2.75) is 6.92 Å². The summed E-state index contributed by atoms with van der Waals surface area (Å²) >= 11 is 0. The Morgan fingerprint density at radius 2 is 1.94 bits per heavy atom. The van der Waals surface area contributed by atoms with Crippen LogP contribution in [0.3, 0.4) is 0 Å². The van der Waals surface area contributed by atoms with Gasteiger partial charge in [0.1, 0.15) is 5.69 Å². The molecule has 0 unspecified atom stereocenters. The summed E-state index contributed by atoms with van der Waals surface area (Å²) in [5.41, 5.74) is -2.09. The van der Waals surface area contributed by atoms with E-state index in [1.807, 2.05) is 4.98 Å². The smallest absolute Gasteiger partial charge is 0.353 e. The van der Waals surface area contributed by atoms with Crippen molar-refractivity contribution in [2.75, 3.05) is 0 Å². The zero-order valence-electron chi connectivity index (χ0n) is 8.48. The first kappa shape index (κ1) is 11.7. The van der Waals surface area contributed by atoms with Crippen LogP contribution in [0.4, 0.5) is 0 Å². The van der Waals surface area contributed by atoms with Crippen molar-refractivity contribution in [3.05, 3.63) is 50.3 Å². The molecule has 1 aromatic rings. The molecule has 0 saturated carbocycles. The van der Waals surface area contributed by atoms with Crippen molar-refractivity contribution in [1.29, 1.82) is 0 Å². The number of hydrogen-bond acceptors (Lipinski definition) is 3. The van der Waals surface area contributed by atoms with E-state index in [0.717, 1.165) is 0 Å². The van der Waals surface area contributed by atoms with Gasteiger partial charge in [0.05, 0.1) is 5.56 Å². The number of nitrogens with one attached hydrogen (secondary N) is 2. The van der Waals surface area contributed by atoms with Crippen molar-refractivity contribution in [3.63, 3.8) is 0 Å². The van der Waals surface area contributed by atoms with Crippen LogP contribution in [0.2, 0.25) is 0 Å². The van der Waals surface area contributed by atoms with Gasteiger partial charge in [-0.2, -0.15) is 0 Å². The molecular formula is C10H10N2O4. The van der Waals surface area contributed by atoms with Crippen LogP contribution in [0, 0.1) is 0 Å². The van der Waals surface area contributed by atoms with Gasteiger partial charge in [-0.15, -0.1) is 0 Å². The van der Waals surface area contributed by atoms with E-state index in [1.54, 1.807) is 19.1 Å². The van der Waals surface area contributed by atoms with Crippen LogP contribution in [0.1, 0.15) is 23.0 Å². The Hall–Kier alpha value is -2.37. The van der Waals surface area contributed by atoms with Gasteiger partial charge >= 0.3 is 11.7 Å². The van der Waals surface area contributed by atoms with E-state index in [9.17, 15) is 14.4 Å². The summed E-state index contributed by atoms with van der Waals surface area (Å²) in [6.07, 6.45) is 6.18. The molecule has 0 aliphatic carbocycles. The molecule has 0 aliphatic heterocycles. The van der Waals surface area contributed by atoms with Gasteiger partial charge in [-0.05, 0) is 13.0 Å². The summed E-state index contributed by atoms with van der Waals surface area (Å²) in [4.78, 5) is 37.0. The number of H-pyrrole nitrogens is 2. The fourth-order valence-corrected chi connectivity index (χ4v) is 1.09. The SMILES string of the molecule is CC=CC=Cc1c(C(=O)O)[nH]c(=O)[nH]c1=O. The second-order valence-corrected chi connectivity index (χ2v) is 2.89. The second-order valence-electron chi connectivity index (χ2n) is 2.89. The minimum Gasteiger partial charge on any atom is -0.477 e. The van der Waals surface area contributed by atoms with Gasteiger partial charge in [-0.25, -0.2) is 9.59 Å². The lowest BCUT2D eigenvalue weighted by Gasteiger charge is -1.98. The molecule has 0 amide bonds. The molecule has 0 fully saturated rings. The van der Waals surface area contributed by atoms with Crippen LogP contribution < -0.4 is 11.2 Å². The van der Waals surface area contributed by atoms with Crippen LogP contribution in [0.5, 0.6) is 0 Å². The average Bonchev–Trinajstić information content (AvgIpc) is 2.20. The van der Waals surface area contributed by atoms with Gasteiger partial charge in [0, 0.05) is 0 Å². The van der Waals surface area contributed by atoms with Crippen molar-refractivity contribution in [3.8, 4) is 0 Å². The molecule has 0 saturated heterocycles. The van der Waals surface area contributed by atoms with Crippen LogP contribution in [-0.2, 0) is 0 Å². The van der Waals surface area contributed by atoms with Crippen LogP contribution >= 0.6 is 0 Å². The largest absolute Gasteiger partial charge is 0.477 e. The molecule has 0 spiro atoms. The molecule has 84 valence electrons. The molecule has 0 aromatic carbocycles. The highest BCUT2D eigenvalue weighted by Crippen LogP contribution is 2.00. The van der Waals surface area contributed by atoms with E-state index in [-0.39, 0.29) is 5.56 Å². The molecule has 1 heterocycles. The maximum atomic E-state index is 11.3. The molecule has 6 heteroatoms. The third-order valence-corrected chi connectivity index (χ3v) is 1.76. The first-order chi connectivity index (χ1) is 7.56. The number of aromatic amines is 2.